The van der Waals surface area contributed by atoms with E-state index in [1.54, 1.807) is 6.92 Å². The van der Waals surface area contributed by atoms with Crippen molar-refractivity contribution >= 4 is 23.4 Å². The predicted molar refractivity (Wildman–Crippen MR) is 73.4 cm³/mol. The normalized spacial score (nSPS) is 12.2. The highest BCUT2D eigenvalue weighted by molar-refractivity contribution is 7.99. The molecule has 0 aliphatic rings. The molecule has 9 heteroatoms. The van der Waals surface area contributed by atoms with Gasteiger partial charge in [-0.15, -0.1) is 11.8 Å². The third-order valence-corrected chi connectivity index (χ3v) is 4.21. The molecule has 22 heavy (non-hydrogen) atoms. The van der Waals surface area contributed by atoms with Gasteiger partial charge in [-0.25, -0.2) is 8.78 Å². The van der Waals surface area contributed by atoms with E-state index in [9.17, 15) is 22.0 Å². The molecule has 0 aliphatic heterocycles. The number of halogens is 6. The number of nitrogens with zero attached hydrogens (tertiary/aromatic N) is 1. The second-order valence-electron chi connectivity index (χ2n) is 4.42. The van der Waals surface area contributed by atoms with Gasteiger partial charge in [-0.05, 0) is 24.6 Å². The van der Waals surface area contributed by atoms with Gasteiger partial charge in [-0.1, -0.05) is 16.8 Å². The fraction of sp³-hybridized carbons (Fsp3) is 0.308. The van der Waals surface area contributed by atoms with Gasteiger partial charge < -0.3 is 4.52 Å². The van der Waals surface area contributed by atoms with Crippen LogP contribution in [0.5, 0.6) is 0 Å². The number of aryl methyl sites for hydroxylation is 1. The molecular weight excluding hydrogens is 349 g/mol. The molecule has 1 aromatic carbocycles. The van der Waals surface area contributed by atoms with Crippen LogP contribution in [-0.4, -0.2) is 17.1 Å². The van der Waals surface area contributed by atoms with E-state index in [2.05, 4.69) is 9.68 Å². The molecule has 2 rings (SSSR count). The molecule has 0 spiro atoms. The van der Waals surface area contributed by atoms with Crippen molar-refractivity contribution < 1.29 is 26.5 Å². The van der Waals surface area contributed by atoms with E-state index in [1.165, 1.54) is 12.1 Å². The van der Waals surface area contributed by atoms with Crippen molar-refractivity contribution in [3.8, 4) is 11.3 Å². The van der Waals surface area contributed by atoms with Crippen molar-refractivity contribution in [3.05, 3.63) is 34.5 Å². The number of alkyl halides is 5. The Morgan fingerprint density at radius 1 is 1.27 bits per heavy atom. The maximum absolute atomic E-state index is 12.5. The first-order valence-electron chi connectivity index (χ1n) is 5.92. The third kappa shape index (κ3) is 4.13. The summed E-state index contributed by atoms with van der Waals surface area (Å²) < 4.78 is 66.4. The monoisotopic (exact) mass is 357 g/mol. The summed E-state index contributed by atoms with van der Waals surface area (Å²) in [5.41, 5.74) is 0.849. The zero-order valence-corrected chi connectivity index (χ0v) is 12.6. The summed E-state index contributed by atoms with van der Waals surface area (Å²) in [5, 5.41) is 3.67. The highest BCUT2D eigenvalue weighted by Crippen LogP contribution is 2.37. The number of aromatic nitrogens is 1. The molecule has 0 bridgehead atoms. The van der Waals surface area contributed by atoms with Gasteiger partial charge in [0.25, 0.3) is 6.43 Å². The quantitative estimate of drug-likeness (QED) is 0.503. The SMILES string of the molecule is Cc1cc(Cl)c(-c2cc(C(F)F)on2)cc1SCC(F)(F)F. The van der Waals surface area contributed by atoms with E-state index in [0.29, 0.717) is 22.2 Å². The number of hydrogen-bond acceptors (Lipinski definition) is 3. The van der Waals surface area contributed by atoms with Gasteiger partial charge in [0.1, 0.15) is 5.69 Å². The molecular formula is C13H9ClF5NOS. The van der Waals surface area contributed by atoms with Crippen molar-refractivity contribution in [2.75, 3.05) is 5.75 Å². The van der Waals surface area contributed by atoms with Gasteiger partial charge >= 0.3 is 6.18 Å². The fourth-order valence-corrected chi connectivity index (χ4v) is 2.81. The highest BCUT2D eigenvalue weighted by Gasteiger charge is 2.28. The first kappa shape index (κ1) is 17.1. The van der Waals surface area contributed by atoms with Crippen LogP contribution < -0.4 is 0 Å². The van der Waals surface area contributed by atoms with Crippen LogP contribution in [0.4, 0.5) is 22.0 Å². The molecule has 0 unspecified atom stereocenters. The Morgan fingerprint density at radius 3 is 2.50 bits per heavy atom. The Labute approximate surface area is 131 Å². The number of thioether (sulfide) groups is 1. The standard InChI is InChI=1S/C13H9ClF5NOS/c1-6-2-8(14)7(3-11(6)22-5-13(17,18)19)9-4-10(12(15)16)21-20-9/h2-4,12H,5H2,1H3. The molecule has 120 valence electrons. The van der Waals surface area contributed by atoms with Crippen molar-refractivity contribution in [2.24, 2.45) is 0 Å². The average Bonchev–Trinajstić information content (AvgIpc) is 2.86. The Balaban J connectivity index is 2.34. The Kier molecular flexibility index (Phi) is 5.01. The van der Waals surface area contributed by atoms with Crippen LogP contribution in [-0.2, 0) is 0 Å². The minimum atomic E-state index is -4.31. The molecule has 0 saturated carbocycles. The summed E-state index contributed by atoms with van der Waals surface area (Å²) in [6.07, 6.45) is -7.14. The minimum absolute atomic E-state index is 0.0501. The topological polar surface area (TPSA) is 26.0 Å². The second kappa shape index (κ2) is 6.45. The van der Waals surface area contributed by atoms with Gasteiger partial charge in [0, 0.05) is 16.5 Å². The zero-order chi connectivity index (χ0) is 16.5. The van der Waals surface area contributed by atoms with Gasteiger partial charge in [0.2, 0.25) is 5.76 Å². The summed E-state index contributed by atoms with van der Waals surface area (Å²) in [7, 11) is 0. The molecule has 1 heterocycles. The highest BCUT2D eigenvalue weighted by atomic mass is 35.5. The van der Waals surface area contributed by atoms with Crippen LogP contribution in [0.2, 0.25) is 5.02 Å². The number of rotatable bonds is 4. The Hall–Kier alpha value is -1.28. The lowest BCUT2D eigenvalue weighted by Crippen LogP contribution is -2.10. The first-order chi connectivity index (χ1) is 10.2. The molecule has 0 N–H and O–H groups in total. The molecule has 0 amide bonds. The van der Waals surface area contributed by atoms with Crippen LogP contribution in [0, 0.1) is 6.92 Å². The van der Waals surface area contributed by atoms with Crippen molar-refractivity contribution in [2.45, 2.75) is 24.4 Å². The van der Waals surface area contributed by atoms with E-state index in [1.807, 2.05) is 0 Å². The average molecular weight is 358 g/mol. The van der Waals surface area contributed by atoms with Gasteiger partial charge in [0.15, 0.2) is 0 Å². The van der Waals surface area contributed by atoms with Gasteiger partial charge in [-0.3, -0.25) is 0 Å². The molecule has 0 saturated heterocycles. The van der Waals surface area contributed by atoms with E-state index >= 15 is 0 Å². The van der Waals surface area contributed by atoms with Crippen LogP contribution in [0.25, 0.3) is 11.3 Å². The van der Waals surface area contributed by atoms with Crippen molar-refractivity contribution in [3.63, 3.8) is 0 Å². The smallest absolute Gasteiger partial charge is 0.355 e. The molecule has 0 atom stereocenters. The minimum Gasteiger partial charge on any atom is -0.355 e. The van der Waals surface area contributed by atoms with Crippen LogP contribution in [0.3, 0.4) is 0 Å². The van der Waals surface area contributed by atoms with Crippen molar-refractivity contribution in [1.29, 1.82) is 0 Å². The van der Waals surface area contributed by atoms with Gasteiger partial charge in [-0.2, -0.15) is 13.2 Å². The summed E-state index contributed by atoms with van der Waals surface area (Å²) >= 11 is 6.61. The van der Waals surface area contributed by atoms with Crippen LogP contribution in [0.15, 0.2) is 27.6 Å². The summed E-state index contributed by atoms with van der Waals surface area (Å²) in [6.45, 7) is 1.61. The summed E-state index contributed by atoms with van der Waals surface area (Å²) in [5.74, 6) is -1.69. The van der Waals surface area contributed by atoms with Crippen LogP contribution in [0.1, 0.15) is 17.7 Å². The predicted octanol–water partition coefficient (Wildman–Crippen LogP) is 5.90. The molecule has 2 aromatic rings. The number of hydrogen-bond donors (Lipinski definition) is 0. The fourth-order valence-electron chi connectivity index (χ4n) is 1.68. The maximum atomic E-state index is 12.5. The van der Waals surface area contributed by atoms with E-state index in [-0.39, 0.29) is 16.3 Å². The molecule has 0 aliphatic carbocycles. The largest absolute Gasteiger partial charge is 0.398 e. The number of benzene rings is 1. The maximum Gasteiger partial charge on any atom is 0.398 e. The third-order valence-electron chi connectivity index (χ3n) is 2.68. The van der Waals surface area contributed by atoms with Crippen LogP contribution >= 0.6 is 23.4 Å². The lowest BCUT2D eigenvalue weighted by molar-refractivity contribution is -0.105. The molecule has 0 fully saturated rings. The molecule has 1 aromatic heterocycles. The van der Waals surface area contributed by atoms with Crippen molar-refractivity contribution in [1.82, 2.24) is 5.16 Å². The molecule has 2 nitrogen and oxygen atoms in total. The van der Waals surface area contributed by atoms with E-state index < -0.39 is 24.1 Å². The molecule has 0 radical (unpaired) electrons. The lowest BCUT2D eigenvalue weighted by Gasteiger charge is -2.11. The lowest BCUT2D eigenvalue weighted by atomic mass is 10.1. The first-order valence-corrected chi connectivity index (χ1v) is 7.28. The van der Waals surface area contributed by atoms with Gasteiger partial charge in [0.05, 0.1) is 10.8 Å². The zero-order valence-electron chi connectivity index (χ0n) is 11.0. The Morgan fingerprint density at radius 2 is 1.95 bits per heavy atom. The van der Waals surface area contributed by atoms with E-state index in [4.69, 9.17) is 11.6 Å². The summed E-state index contributed by atoms with van der Waals surface area (Å²) in [4.78, 5) is 0.346. The van der Waals surface area contributed by atoms with E-state index in [0.717, 1.165) is 6.07 Å². The second-order valence-corrected chi connectivity index (χ2v) is 5.84. The summed E-state index contributed by atoms with van der Waals surface area (Å²) in [6, 6.07) is 3.87. The Bertz CT molecular complexity index is 671.